The van der Waals surface area contributed by atoms with E-state index in [1.165, 1.54) is 40.8 Å². The minimum absolute atomic E-state index is 0.344. The molecule has 0 saturated carbocycles. The maximum absolute atomic E-state index is 10.4. The van der Waals surface area contributed by atoms with Crippen molar-refractivity contribution in [2.75, 3.05) is 0 Å². The van der Waals surface area contributed by atoms with Crippen LogP contribution in [0.4, 0.5) is 0 Å². The molecule has 1 aliphatic carbocycles. The van der Waals surface area contributed by atoms with Crippen LogP contribution in [0.5, 0.6) is 0 Å². The van der Waals surface area contributed by atoms with E-state index in [4.69, 9.17) is 0 Å². The largest absolute Gasteiger partial charge is 0.387 e. The molecule has 1 heterocycles. The topological polar surface area (TPSA) is 20.2 Å². The Kier molecular flexibility index (Phi) is 3.72. The molecule has 100 valence electrons. The average Bonchev–Trinajstić information content (AvgIpc) is 3.00. The Morgan fingerprint density at radius 1 is 1.16 bits per heavy atom. The van der Waals surface area contributed by atoms with Gasteiger partial charge in [0, 0.05) is 16.2 Å². The molecule has 0 fully saturated rings. The van der Waals surface area contributed by atoms with Crippen LogP contribution >= 0.6 is 11.3 Å². The lowest BCUT2D eigenvalue weighted by Crippen LogP contribution is -1.99. The summed E-state index contributed by atoms with van der Waals surface area (Å²) >= 11 is 1.81. The first-order chi connectivity index (χ1) is 9.26. The average molecular weight is 272 g/mol. The molecule has 1 aliphatic rings. The Balaban J connectivity index is 1.70. The zero-order valence-corrected chi connectivity index (χ0v) is 12.2. The summed E-state index contributed by atoms with van der Waals surface area (Å²) in [6.45, 7) is 2.16. The van der Waals surface area contributed by atoms with Gasteiger partial charge in [0.05, 0.1) is 6.10 Å². The van der Waals surface area contributed by atoms with Gasteiger partial charge < -0.3 is 5.11 Å². The first-order valence-corrected chi connectivity index (χ1v) is 7.95. The molecule has 3 rings (SSSR count). The van der Waals surface area contributed by atoms with Crippen LogP contribution in [0.3, 0.4) is 0 Å². The van der Waals surface area contributed by atoms with Crippen LogP contribution in [0.15, 0.2) is 30.3 Å². The van der Waals surface area contributed by atoms with Crippen molar-refractivity contribution in [3.8, 4) is 0 Å². The summed E-state index contributed by atoms with van der Waals surface area (Å²) in [6.07, 6.45) is 5.14. The summed E-state index contributed by atoms with van der Waals surface area (Å²) in [5.74, 6) is 0. The molecule has 1 atom stereocenters. The molecule has 0 amide bonds. The zero-order valence-electron chi connectivity index (χ0n) is 11.4. The second kappa shape index (κ2) is 5.48. The third-order valence-corrected chi connectivity index (χ3v) is 5.29. The van der Waals surface area contributed by atoms with Crippen LogP contribution in [0.25, 0.3) is 0 Å². The number of aliphatic hydroxyl groups excluding tert-OH is 1. The van der Waals surface area contributed by atoms with Gasteiger partial charge in [-0.1, -0.05) is 31.2 Å². The van der Waals surface area contributed by atoms with E-state index in [2.05, 4.69) is 37.3 Å². The number of aryl methyl sites for hydroxylation is 3. The van der Waals surface area contributed by atoms with E-state index in [1.807, 2.05) is 11.3 Å². The smallest absolute Gasteiger partial charge is 0.0922 e. The fourth-order valence-electron chi connectivity index (χ4n) is 2.75. The van der Waals surface area contributed by atoms with Crippen LogP contribution in [0, 0.1) is 0 Å². The van der Waals surface area contributed by atoms with Gasteiger partial charge in [0.1, 0.15) is 0 Å². The van der Waals surface area contributed by atoms with Crippen molar-refractivity contribution in [2.45, 2.75) is 45.1 Å². The molecular formula is C17H20OS. The third kappa shape index (κ3) is 2.75. The highest BCUT2D eigenvalue weighted by Gasteiger charge is 2.18. The van der Waals surface area contributed by atoms with E-state index in [0.29, 0.717) is 0 Å². The van der Waals surface area contributed by atoms with Gasteiger partial charge in [0.15, 0.2) is 0 Å². The van der Waals surface area contributed by atoms with E-state index in [0.717, 1.165) is 17.7 Å². The number of thiophene rings is 1. The SMILES string of the molecule is CCc1ccc(CC(O)c2cc3c(s2)CCC3)cc1. The first kappa shape index (κ1) is 12.9. The minimum atomic E-state index is -0.344. The summed E-state index contributed by atoms with van der Waals surface area (Å²) in [7, 11) is 0. The third-order valence-electron chi connectivity index (χ3n) is 3.95. The lowest BCUT2D eigenvalue weighted by atomic mass is 10.0. The summed E-state index contributed by atoms with van der Waals surface area (Å²) < 4.78 is 0. The van der Waals surface area contributed by atoms with E-state index < -0.39 is 0 Å². The Morgan fingerprint density at radius 3 is 2.58 bits per heavy atom. The molecular weight excluding hydrogens is 252 g/mol. The second-order valence-electron chi connectivity index (χ2n) is 5.34. The van der Waals surface area contributed by atoms with E-state index in [1.54, 1.807) is 0 Å². The molecule has 1 unspecified atom stereocenters. The maximum atomic E-state index is 10.4. The number of hydrogen-bond acceptors (Lipinski definition) is 2. The molecule has 2 aromatic rings. The quantitative estimate of drug-likeness (QED) is 0.889. The van der Waals surface area contributed by atoms with Crippen molar-refractivity contribution in [3.63, 3.8) is 0 Å². The van der Waals surface area contributed by atoms with Crippen LogP contribution in [0.2, 0.25) is 0 Å². The molecule has 1 N–H and O–H groups in total. The van der Waals surface area contributed by atoms with Crippen LogP contribution in [-0.4, -0.2) is 5.11 Å². The Morgan fingerprint density at radius 2 is 1.89 bits per heavy atom. The van der Waals surface area contributed by atoms with Gasteiger partial charge in [-0.2, -0.15) is 0 Å². The standard InChI is InChI=1S/C17H20OS/c1-2-12-6-8-13(9-7-12)10-15(18)17-11-14-4-3-5-16(14)19-17/h6-9,11,15,18H,2-5,10H2,1H3. The summed E-state index contributed by atoms with van der Waals surface area (Å²) in [6, 6.07) is 10.8. The lowest BCUT2D eigenvalue weighted by Gasteiger charge is -2.09. The monoisotopic (exact) mass is 272 g/mol. The molecule has 0 saturated heterocycles. The lowest BCUT2D eigenvalue weighted by molar-refractivity contribution is 0.182. The Hall–Kier alpha value is -1.12. The number of hydrogen-bond donors (Lipinski definition) is 1. The fraction of sp³-hybridized carbons (Fsp3) is 0.412. The van der Waals surface area contributed by atoms with Gasteiger partial charge in [-0.25, -0.2) is 0 Å². The summed E-state index contributed by atoms with van der Waals surface area (Å²) in [5, 5.41) is 10.4. The molecule has 0 aliphatic heterocycles. The van der Waals surface area contributed by atoms with Crippen molar-refractivity contribution < 1.29 is 5.11 Å². The Bertz CT molecular complexity index is 532. The molecule has 0 spiro atoms. The van der Waals surface area contributed by atoms with Crippen LogP contribution in [-0.2, 0) is 25.7 Å². The summed E-state index contributed by atoms with van der Waals surface area (Å²) in [5.41, 5.74) is 4.05. The highest BCUT2D eigenvalue weighted by atomic mass is 32.1. The van der Waals surface area contributed by atoms with Crippen molar-refractivity contribution in [2.24, 2.45) is 0 Å². The predicted octanol–water partition coefficient (Wildman–Crippen LogP) is 4.08. The predicted molar refractivity (Wildman–Crippen MR) is 80.8 cm³/mol. The summed E-state index contributed by atoms with van der Waals surface area (Å²) in [4.78, 5) is 2.64. The van der Waals surface area contributed by atoms with Gasteiger partial charge in [-0.3, -0.25) is 0 Å². The van der Waals surface area contributed by atoms with Crippen molar-refractivity contribution in [1.82, 2.24) is 0 Å². The molecule has 0 bridgehead atoms. The fourth-order valence-corrected chi connectivity index (χ4v) is 3.99. The molecule has 0 radical (unpaired) electrons. The zero-order chi connectivity index (χ0) is 13.2. The second-order valence-corrected chi connectivity index (χ2v) is 6.51. The number of benzene rings is 1. The number of fused-ring (bicyclic) bond motifs is 1. The highest BCUT2D eigenvalue weighted by molar-refractivity contribution is 7.12. The molecule has 1 aromatic carbocycles. The van der Waals surface area contributed by atoms with Crippen LogP contribution < -0.4 is 0 Å². The Labute approximate surface area is 118 Å². The normalized spacial score (nSPS) is 15.5. The van der Waals surface area contributed by atoms with Gasteiger partial charge in [-0.15, -0.1) is 11.3 Å². The van der Waals surface area contributed by atoms with Crippen molar-refractivity contribution in [3.05, 3.63) is 56.8 Å². The number of rotatable bonds is 4. The molecule has 19 heavy (non-hydrogen) atoms. The maximum Gasteiger partial charge on any atom is 0.0922 e. The molecule has 1 aromatic heterocycles. The van der Waals surface area contributed by atoms with Crippen LogP contribution in [0.1, 0.15) is 45.9 Å². The van der Waals surface area contributed by atoms with Gasteiger partial charge in [-0.05, 0) is 48.4 Å². The highest BCUT2D eigenvalue weighted by Crippen LogP contribution is 2.34. The van der Waals surface area contributed by atoms with Crippen molar-refractivity contribution >= 4 is 11.3 Å². The van der Waals surface area contributed by atoms with E-state index >= 15 is 0 Å². The molecule has 2 heteroatoms. The number of aliphatic hydroxyl groups is 1. The van der Waals surface area contributed by atoms with E-state index in [-0.39, 0.29) is 6.10 Å². The van der Waals surface area contributed by atoms with Gasteiger partial charge in [0.25, 0.3) is 0 Å². The van der Waals surface area contributed by atoms with E-state index in [9.17, 15) is 5.11 Å². The first-order valence-electron chi connectivity index (χ1n) is 7.13. The van der Waals surface area contributed by atoms with Gasteiger partial charge in [0.2, 0.25) is 0 Å². The molecule has 1 nitrogen and oxygen atoms in total. The van der Waals surface area contributed by atoms with Crippen molar-refractivity contribution in [1.29, 1.82) is 0 Å². The van der Waals surface area contributed by atoms with Gasteiger partial charge >= 0.3 is 0 Å². The minimum Gasteiger partial charge on any atom is -0.387 e.